The van der Waals surface area contributed by atoms with Crippen LogP contribution in [-0.4, -0.2) is 22.3 Å². The first kappa shape index (κ1) is 14.8. The minimum atomic E-state index is -0.258. The van der Waals surface area contributed by atoms with Gasteiger partial charge < -0.3 is 10.1 Å². The number of rotatable bonds is 2. The van der Waals surface area contributed by atoms with Gasteiger partial charge in [-0.25, -0.2) is 0 Å². The van der Waals surface area contributed by atoms with Gasteiger partial charge in [0.1, 0.15) is 18.2 Å². The van der Waals surface area contributed by atoms with Crippen LogP contribution in [0.2, 0.25) is 0 Å². The Bertz CT molecular complexity index is 904. The fourth-order valence-electron chi connectivity index (χ4n) is 3.42. The quantitative estimate of drug-likeness (QED) is 0.891. The first-order chi connectivity index (χ1) is 11.5. The molecule has 24 heavy (non-hydrogen) atoms. The van der Waals surface area contributed by atoms with Crippen LogP contribution >= 0.6 is 0 Å². The van der Waals surface area contributed by atoms with Crippen molar-refractivity contribution < 1.29 is 9.53 Å². The number of benzene rings is 1. The van der Waals surface area contributed by atoms with Crippen molar-refractivity contribution in [3.63, 3.8) is 0 Å². The van der Waals surface area contributed by atoms with Crippen LogP contribution in [0.3, 0.4) is 0 Å². The van der Waals surface area contributed by atoms with Crippen molar-refractivity contribution in [2.24, 2.45) is 0 Å². The van der Waals surface area contributed by atoms with E-state index in [4.69, 9.17) is 4.74 Å². The lowest BCUT2D eigenvalue weighted by Gasteiger charge is -2.28. The molecule has 0 saturated heterocycles. The van der Waals surface area contributed by atoms with Gasteiger partial charge >= 0.3 is 0 Å². The van der Waals surface area contributed by atoms with Crippen LogP contribution < -0.4 is 15.6 Å². The predicted molar refractivity (Wildman–Crippen MR) is 91.3 cm³/mol. The Balaban J connectivity index is 1.83. The zero-order valence-corrected chi connectivity index (χ0v) is 13.6. The number of ether oxygens (including phenoxy) is 1. The fourth-order valence-corrected chi connectivity index (χ4v) is 3.42. The van der Waals surface area contributed by atoms with Crippen molar-refractivity contribution in [1.29, 1.82) is 0 Å². The van der Waals surface area contributed by atoms with Crippen LogP contribution in [0.15, 0.2) is 34.6 Å². The molecule has 0 saturated carbocycles. The second kappa shape index (κ2) is 5.40. The molecule has 2 N–H and O–H groups in total. The molecule has 0 spiro atoms. The highest BCUT2D eigenvalue weighted by Crippen LogP contribution is 2.39. The molecular weight excluding hydrogens is 306 g/mol. The van der Waals surface area contributed by atoms with Crippen LogP contribution in [0.5, 0.6) is 5.75 Å². The Hall–Kier alpha value is -2.76. The number of amides is 1. The van der Waals surface area contributed by atoms with Crippen LogP contribution in [0.1, 0.15) is 43.4 Å². The predicted octanol–water partition coefficient (Wildman–Crippen LogP) is 2.66. The summed E-state index contributed by atoms with van der Waals surface area (Å²) in [6, 6.07) is 7.82. The van der Waals surface area contributed by atoms with E-state index in [1.165, 1.54) is 0 Å². The van der Waals surface area contributed by atoms with E-state index in [1.54, 1.807) is 4.68 Å². The third-order valence-electron chi connectivity index (χ3n) is 4.58. The van der Waals surface area contributed by atoms with E-state index >= 15 is 0 Å². The van der Waals surface area contributed by atoms with E-state index in [2.05, 4.69) is 10.4 Å². The van der Waals surface area contributed by atoms with E-state index < -0.39 is 0 Å². The summed E-state index contributed by atoms with van der Waals surface area (Å²) in [6.45, 7) is 4.32. The van der Waals surface area contributed by atoms with Gasteiger partial charge in [0.25, 0.3) is 5.56 Å². The number of para-hydroxylation sites is 1. The van der Waals surface area contributed by atoms with Crippen LogP contribution in [0.4, 0.5) is 5.82 Å². The summed E-state index contributed by atoms with van der Waals surface area (Å²) in [4.78, 5) is 24.7. The summed E-state index contributed by atoms with van der Waals surface area (Å²) >= 11 is 0. The lowest BCUT2D eigenvalue weighted by atomic mass is 9.85. The van der Waals surface area contributed by atoms with Gasteiger partial charge in [-0.15, -0.1) is 0 Å². The van der Waals surface area contributed by atoms with E-state index in [0.717, 1.165) is 16.9 Å². The van der Waals surface area contributed by atoms with Crippen molar-refractivity contribution in [1.82, 2.24) is 9.78 Å². The van der Waals surface area contributed by atoms with Gasteiger partial charge in [-0.3, -0.25) is 19.4 Å². The molecule has 1 unspecified atom stereocenters. The number of fused-ring (bicyclic) bond motifs is 2. The average molecular weight is 325 g/mol. The molecule has 3 heterocycles. The van der Waals surface area contributed by atoms with Gasteiger partial charge in [-0.05, 0) is 31.6 Å². The minimum absolute atomic E-state index is 0.0535. The van der Waals surface area contributed by atoms with Crippen LogP contribution in [0.25, 0.3) is 6.08 Å². The summed E-state index contributed by atoms with van der Waals surface area (Å²) in [5.74, 6) is 1.07. The molecule has 1 atom stereocenters. The van der Waals surface area contributed by atoms with Crippen molar-refractivity contribution in [3.8, 4) is 5.75 Å². The molecule has 124 valence electrons. The lowest BCUT2D eigenvalue weighted by molar-refractivity contribution is -0.116. The van der Waals surface area contributed by atoms with E-state index in [-0.39, 0.29) is 29.8 Å². The van der Waals surface area contributed by atoms with Crippen molar-refractivity contribution in [2.45, 2.75) is 32.2 Å². The Morgan fingerprint density at radius 1 is 1.25 bits per heavy atom. The normalized spacial score (nSPS) is 19.2. The molecule has 1 amide bonds. The maximum atomic E-state index is 12.5. The number of anilines is 1. The highest BCUT2D eigenvalue weighted by molar-refractivity contribution is 5.94. The number of aromatic amines is 1. The number of carbonyl (C=O) groups is 1. The highest BCUT2D eigenvalue weighted by Gasteiger charge is 2.35. The number of hydrogen-bond acceptors (Lipinski definition) is 3. The third kappa shape index (κ3) is 2.26. The Labute approximate surface area is 139 Å². The standard InChI is InChI=1S/C18H19N3O3/c1-10(2)21-17-16(18(23)20-21)13(8-15(22)19-17)12-7-11-5-3-4-6-14(11)24-9-12/h3-7,10,13H,8-9H2,1-2H3,(H,19,22)(H,20,23). The zero-order chi connectivity index (χ0) is 16.8. The van der Waals surface area contributed by atoms with Gasteiger partial charge in [0.05, 0.1) is 5.56 Å². The number of carbonyl (C=O) groups excluding carboxylic acids is 1. The van der Waals surface area contributed by atoms with Crippen LogP contribution in [-0.2, 0) is 4.79 Å². The lowest BCUT2D eigenvalue weighted by Crippen LogP contribution is -2.29. The van der Waals surface area contributed by atoms with E-state index in [0.29, 0.717) is 18.0 Å². The zero-order valence-electron chi connectivity index (χ0n) is 13.6. The molecule has 1 aromatic heterocycles. The maximum Gasteiger partial charge on any atom is 0.270 e. The molecule has 0 aliphatic carbocycles. The van der Waals surface area contributed by atoms with Crippen molar-refractivity contribution in [2.75, 3.05) is 11.9 Å². The van der Waals surface area contributed by atoms with Crippen molar-refractivity contribution in [3.05, 3.63) is 51.3 Å². The van der Waals surface area contributed by atoms with E-state index in [9.17, 15) is 9.59 Å². The molecule has 0 bridgehead atoms. The number of H-pyrrole nitrogens is 1. The van der Waals surface area contributed by atoms with E-state index in [1.807, 2.05) is 44.2 Å². The number of aromatic nitrogens is 2. The summed E-state index contributed by atoms with van der Waals surface area (Å²) < 4.78 is 7.54. The molecule has 0 fully saturated rings. The monoisotopic (exact) mass is 325 g/mol. The van der Waals surface area contributed by atoms with Gasteiger partial charge in [-0.2, -0.15) is 0 Å². The van der Waals surface area contributed by atoms with Crippen LogP contribution in [0, 0.1) is 0 Å². The van der Waals surface area contributed by atoms with Crippen molar-refractivity contribution >= 4 is 17.8 Å². The first-order valence-corrected chi connectivity index (χ1v) is 8.11. The maximum absolute atomic E-state index is 12.5. The molecule has 2 aliphatic heterocycles. The molecule has 2 aromatic rings. The number of nitrogens with zero attached hydrogens (tertiary/aromatic N) is 1. The smallest absolute Gasteiger partial charge is 0.270 e. The van der Waals surface area contributed by atoms with Gasteiger partial charge in [0.15, 0.2) is 0 Å². The summed E-state index contributed by atoms with van der Waals surface area (Å²) in [6.07, 6.45) is 2.30. The van der Waals surface area contributed by atoms with Gasteiger partial charge in [0.2, 0.25) is 5.91 Å². The Morgan fingerprint density at radius 3 is 2.83 bits per heavy atom. The third-order valence-corrected chi connectivity index (χ3v) is 4.58. The number of hydrogen-bond donors (Lipinski definition) is 2. The molecule has 6 heteroatoms. The fraction of sp³-hybridized carbons (Fsp3) is 0.333. The second-order valence-electron chi connectivity index (χ2n) is 6.52. The SMILES string of the molecule is CC(C)n1[nH]c(=O)c2c1NC(=O)CC2C1=Cc2ccccc2OC1. The molecule has 6 nitrogen and oxygen atoms in total. The second-order valence-corrected chi connectivity index (χ2v) is 6.52. The Kier molecular flexibility index (Phi) is 3.33. The summed E-state index contributed by atoms with van der Waals surface area (Å²) in [5.41, 5.74) is 2.41. The van der Waals surface area contributed by atoms with Gasteiger partial charge in [-0.1, -0.05) is 18.2 Å². The summed E-state index contributed by atoms with van der Waals surface area (Å²) in [7, 11) is 0. The average Bonchev–Trinajstić information content (AvgIpc) is 2.90. The minimum Gasteiger partial charge on any atom is -0.489 e. The van der Waals surface area contributed by atoms with Gasteiger partial charge in [0, 0.05) is 23.9 Å². The molecule has 1 aromatic carbocycles. The molecule has 4 rings (SSSR count). The Morgan fingerprint density at radius 2 is 2.04 bits per heavy atom. The topological polar surface area (TPSA) is 76.1 Å². The first-order valence-electron chi connectivity index (χ1n) is 8.11. The molecule has 2 aliphatic rings. The largest absolute Gasteiger partial charge is 0.489 e. The summed E-state index contributed by atoms with van der Waals surface area (Å²) in [5, 5.41) is 5.69. The number of nitrogens with one attached hydrogen (secondary N) is 2. The molecular formula is C18H19N3O3. The highest BCUT2D eigenvalue weighted by atomic mass is 16.5. The molecule has 0 radical (unpaired) electrons.